The second-order valence-electron chi connectivity index (χ2n) is 5.21. The Morgan fingerprint density at radius 2 is 2.05 bits per heavy atom. The first-order valence-electron chi connectivity index (χ1n) is 6.83. The Kier molecular flexibility index (Phi) is 4.70. The van der Waals surface area contributed by atoms with Crippen LogP contribution in [0.2, 0.25) is 0 Å². The van der Waals surface area contributed by atoms with E-state index in [2.05, 4.69) is 5.32 Å². The summed E-state index contributed by atoms with van der Waals surface area (Å²) in [6, 6.07) is 5.19. The van der Waals surface area contributed by atoms with E-state index in [0.29, 0.717) is 11.1 Å². The average molecular weight is 282 g/mol. The highest BCUT2D eigenvalue weighted by Gasteiger charge is 2.24. The van der Waals surface area contributed by atoms with Crippen LogP contribution in [0.3, 0.4) is 0 Å². The van der Waals surface area contributed by atoms with Crippen molar-refractivity contribution in [2.75, 3.05) is 0 Å². The van der Waals surface area contributed by atoms with Crippen LogP contribution in [0.25, 0.3) is 0 Å². The van der Waals surface area contributed by atoms with E-state index >= 15 is 0 Å². The molecule has 1 aliphatic carbocycles. The van der Waals surface area contributed by atoms with E-state index in [1.165, 1.54) is 6.42 Å². The zero-order valence-electron chi connectivity index (χ0n) is 11.2. The second-order valence-corrected chi connectivity index (χ2v) is 5.77. The molecule has 0 spiro atoms. The van der Waals surface area contributed by atoms with Crippen LogP contribution in [0, 0.1) is 6.92 Å². The summed E-state index contributed by atoms with van der Waals surface area (Å²) in [6.45, 7) is 1.78. The van der Waals surface area contributed by atoms with Crippen LogP contribution < -0.4 is 5.32 Å². The fourth-order valence-corrected chi connectivity index (χ4v) is 2.86. The maximum absolute atomic E-state index is 12.2. The van der Waals surface area contributed by atoms with Gasteiger partial charge in [0, 0.05) is 6.04 Å². The Labute approximate surface area is 119 Å². The summed E-state index contributed by atoms with van der Waals surface area (Å²) in [5, 5.41) is 12.9. The molecule has 1 saturated carbocycles. The maximum atomic E-state index is 12.2. The Morgan fingerprint density at radius 3 is 2.84 bits per heavy atom. The fraction of sp³-hybridized carbons (Fsp3) is 0.533. The number of aryl methyl sites for hydroxylation is 1. The van der Waals surface area contributed by atoms with E-state index in [0.717, 1.165) is 25.7 Å². The number of para-hydroxylation sites is 1. The number of phenols is 1. The summed E-state index contributed by atoms with van der Waals surface area (Å²) in [4.78, 5) is 12.2. The molecule has 3 nitrogen and oxygen atoms in total. The van der Waals surface area contributed by atoms with Crippen molar-refractivity contribution in [1.82, 2.24) is 5.32 Å². The Hall–Kier alpha value is -1.22. The number of halogens is 1. The average Bonchev–Trinajstić information content (AvgIpc) is 2.58. The van der Waals surface area contributed by atoms with Gasteiger partial charge in [0.1, 0.15) is 5.75 Å². The highest BCUT2D eigenvalue weighted by molar-refractivity contribution is 6.21. The summed E-state index contributed by atoms with van der Waals surface area (Å²) in [6.07, 6.45) is 5.23. The molecular formula is C15H20ClNO2. The first-order valence-corrected chi connectivity index (χ1v) is 7.26. The number of benzene rings is 1. The van der Waals surface area contributed by atoms with Crippen molar-refractivity contribution in [1.29, 1.82) is 0 Å². The lowest BCUT2D eigenvalue weighted by molar-refractivity contribution is 0.0931. The van der Waals surface area contributed by atoms with E-state index in [9.17, 15) is 9.90 Å². The predicted octanol–water partition coefficient (Wildman–Crippen LogP) is 3.37. The molecule has 1 fully saturated rings. The first kappa shape index (κ1) is 14.2. The number of carbonyl (C=O) groups is 1. The molecule has 0 heterocycles. The molecule has 0 aromatic heterocycles. The third-order valence-electron chi connectivity index (χ3n) is 3.73. The van der Waals surface area contributed by atoms with Crippen molar-refractivity contribution >= 4 is 17.5 Å². The maximum Gasteiger partial charge on any atom is 0.255 e. The quantitative estimate of drug-likeness (QED) is 0.645. The normalized spacial score (nSPS) is 23.7. The van der Waals surface area contributed by atoms with Crippen LogP contribution in [-0.2, 0) is 0 Å². The summed E-state index contributed by atoms with van der Waals surface area (Å²) in [5.74, 6) is -0.182. The Morgan fingerprint density at radius 1 is 1.32 bits per heavy atom. The molecule has 2 atom stereocenters. The molecule has 0 aliphatic heterocycles. The van der Waals surface area contributed by atoms with E-state index in [1.807, 2.05) is 0 Å². The minimum atomic E-state index is -0.237. The van der Waals surface area contributed by atoms with Gasteiger partial charge in [0.15, 0.2) is 0 Å². The summed E-state index contributed by atoms with van der Waals surface area (Å²) in [7, 11) is 0. The first-order chi connectivity index (χ1) is 9.09. The second kappa shape index (κ2) is 6.29. The standard InChI is InChI=1S/C15H20ClNO2/c1-10-6-5-7-11(14(10)18)15(19)17-13-9-4-2-3-8-12(13)16/h5-7,12-13,18H,2-4,8-9H2,1H3,(H,17,19). The number of hydrogen-bond donors (Lipinski definition) is 2. The zero-order valence-corrected chi connectivity index (χ0v) is 11.9. The molecule has 1 amide bonds. The topological polar surface area (TPSA) is 49.3 Å². The third-order valence-corrected chi connectivity index (χ3v) is 4.25. The van der Waals surface area contributed by atoms with Crippen LogP contribution in [0.5, 0.6) is 5.75 Å². The fourth-order valence-electron chi connectivity index (χ4n) is 2.51. The Balaban J connectivity index is 2.09. The monoisotopic (exact) mass is 281 g/mol. The molecule has 0 radical (unpaired) electrons. The summed E-state index contributed by atoms with van der Waals surface area (Å²) >= 11 is 6.31. The molecule has 1 aliphatic rings. The number of rotatable bonds is 2. The number of aromatic hydroxyl groups is 1. The SMILES string of the molecule is Cc1cccc(C(=O)NC2CCCCCC2Cl)c1O. The van der Waals surface area contributed by atoms with Gasteiger partial charge in [0.25, 0.3) is 5.91 Å². The van der Waals surface area contributed by atoms with Crippen molar-refractivity contribution in [2.24, 2.45) is 0 Å². The van der Waals surface area contributed by atoms with Crippen molar-refractivity contribution in [2.45, 2.75) is 50.4 Å². The van der Waals surface area contributed by atoms with Crippen molar-refractivity contribution in [3.05, 3.63) is 29.3 Å². The summed E-state index contributed by atoms with van der Waals surface area (Å²) in [5.41, 5.74) is 1.03. The molecule has 1 aromatic rings. The lowest BCUT2D eigenvalue weighted by Crippen LogP contribution is -2.40. The predicted molar refractivity (Wildman–Crippen MR) is 76.8 cm³/mol. The van der Waals surface area contributed by atoms with Crippen LogP contribution in [-0.4, -0.2) is 22.4 Å². The molecule has 2 unspecified atom stereocenters. The highest BCUT2D eigenvalue weighted by atomic mass is 35.5. The Bertz CT molecular complexity index is 461. The van der Waals surface area contributed by atoms with Gasteiger partial charge in [-0.3, -0.25) is 4.79 Å². The van der Waals surface area contributed by atoms with Gasteiger partial charge in [-0.15, -0.1) is 11.6 Å². The van der Waals surface area contributed by atoms with Crippen LogP contribution in [0.1, 0.15) is 48.0 Å². The van der Waals surface area contributed by atoms with Gasteiger partial charge in [-0.1, -0.05) is 31.4 Å². The number of hydrogen-bond acceptors (Lipinski definition) is 2. The molecule has 1 aromatic carbocycles. The lowest BCUT2D eigenvalue weighted by Gasteiger charge is -2.21. The van der Waals surface area contributed by atoms with Crippen molar-refractivity contribution in [3.8, 4) is 5.75 Å². The molecule has 0 saturated heterocycles. The van der Waals surface area contributed by atoms with Crippen molar-refractivity contribution < 1.29 is 9.90 Å². The van der Waals surface area contributed by atoms with E-state index < -0.39 is 0 Å². The number of alkyl halides is 1. The zero-order chi connectivity index (χ0) is 13.8. The number of carbonyl (C=O) groups excluding carboxylic acids is 1. The number of nitrogens with one attached hydrogen (secondary N) is 1. The van der Waals surface area contributed by atoms with Gasteiger partial charge in [0.2, 0.25) is 0 Å². The van der Waals surface area contributed by atoms with Gasteiger partial charge >= 0.3 is 0 Å². The largest absolute Gasteiger partial charge is 0.507 e. The third kappa shape index (κ3) is 3.41. The van der Waals surface area contributed by atoms with E-state index in [4.69, 9.17) is 11.6 Å². The van der Waals surface area contributed by atoms with Crippen molar-refractivity contribution in [3.63, 3.8) is 0 Å². The van der Waals surface area contributed by atoms with Crippen LogP contribution in [0.15, 0.2) is 18.2 Å². The molecule has 2 rings (SSSR count). The smallest absolute Gasteiger partial charge is 0.255 e. The van der Waals surface area contributed by atoms with Crippen LogP contribution >= 0.6 is 11.6 Å². The number of amides is 1. The molecule has 19 heavy (non-hydrogen) atoms. The van der Waals surface area contributed by atoms with Gasteiger partial charge in [0.05, 0.1) is 10.9 Å². The highest BCUT2D eigenvalue weighted by Crippen LogP contribution is 2.25. The molecular weight excluding hydrogens is 262 g/mol. The van der Waals surface area contributed by atoms with Gasteiger partial charge in [-0.05, 0) is 31.4 Å². The van der Waals surface area contributed by atoms with E-state index in [1.54, 1.807) is 25.1 Å². The van der Waals surface area contributed by atoms with Gasteiger partial charge in [-0.2, -0.15) is 0 Å². The molecule has 2 N–H and O–H groups in total. The van der Waals surface area contributed by atoms with Crippen LogP contribution in [0.4, 0.5) is 0 Å². The number of phenolic OH excluding ortho intramolecular Hbond substituents is 1. The molecule has 4 heteroatoms. The van der Waals surface area contributed by atoms with Gasteiger partial charge < -0.3 is 10.4 Å². The summed E-state index contributed by atoms with van der Waals surface area (Å²) < 4.78 is 0. The molecule has 0 bridgehead atoms. The minimum absolute atomic E-state index is 0.00317. The van der Waals surface area contributed by atoms with Gasteiger partial charge in [-0.25, -0.2) is 0 Å². The minimum Gasteiger partial charge on any atom is -0.507 e. The molecule has 104 valence electrons. The van der Waals surface area contributed by atoms with E-state index in [-0.39, 0.29) is 23.1 Å². The lowest BCUT2D eigenvalue weighted by atomic mass is 10.1.